The zero-order chi connectivity index (χ0) is 27.3. The Kier molecular flexibility index (Phi) is 6.49. The molecule has 12 heteroatoms. The second-order valence-corrected chi connectivity index (χ2v) is 11.0. The summed E-state index contributed by atoms with van der Waals surface area (Å²) in [6.07, 6.45) is 1.21. The number of nitrogens with one attached hydrogen (secondary N) is 1. The Bertz CT molecular complexity index is 1420. The second kappa shape index (κ2) is 9.86. The van der Waals surface area contributed by atoms with Crippen LogP contribution in [-0.4, -0.2) is 52.7 Å². The molecule has 0 bridgehead atoms. The molecule has 3 aromatic rings. The molecule has 1 saturated heterocycles. The van der Waals surface area contributed by atoms with Gasteiger partial charge in [0, 0.05) is 44.5 Å². The van der Waals surface area contributed by atoms with Crippen molar-refractivity contribution in [2.75, 3.05) is 29.4 Å². The minimum absolute atomic E-state index is 0.0830. The van der Waals surface area contributed by atoms with Gasteiger partial charge in [-0.3, -0.25) is 14.6 Å². The maximum absolute atomic E-state index is 13.8. The van der Waals surface area contributed by atoms with Gasteiger partial charge >= 0.3 is 6.01 Å². The van der Waals surface area contributed by atoms with E-state index in [4.69, 9.17) is 16.0 Å². The molecule has 6 rings (SSSR count). The van der Waals surface area contributed by atoms with Gasteiger partial charge in [0.25, 0.3) is 12.3 Å². The van der Waals surface area contributed by atoms with Crippen LogP contribution in [0.15, 0.2) is 40.9 Å². The molecule has 0 radical (unpaired) electrons. The third-order valence-electron chi connectivity index (χ3n) is 8.03. The number of hydrogen-bond acceptors (Lipinski definition) is 7. The summed E-state index contributed by atoms with van der Waals surface area (Å²) in [5.41, 5.74) is 0.557. The molecule has 1 N–H and O–H groups in total. The Balaban J connectivity index is 1.09. The zero-order valence-electron chi connectivity index (χ0n) is 21.2. The number of anilines is 2. The average Bonchev–Trinajstić information content (AvgIpc) is 3.43. The minimum Gasteiger partial charge on any atom is -0.408 e. The van der Waals surface area contributed by atoms with E-state index in [0.29, 0.717) is 44.4 Å². The number of hydrogen-bond donors (Lipinski definition) is 1. The molecule has 1 saturated carbocycles. The molecule has 3 aliphatic rings. The van der Waals surface area contributed by atoms with Crippen molar-refractivity contribution in [3.8, 4) is 0 Å². The van der Waals surface area contributed by atoms with Crippen molar-refractivity contribution in [2.45, 2.75) is 50.5 Å². The number of carbonyl (C=O) groups is 2. The van der Waals surface area contributed by atoms with Crippen molar-refractivity contribution in [1.29, 1.82) is 0 Å². The van der Waals surface area contributed by atoms with Crippen molar-refractivity contribution in [2.24, 2.45) is 5.92 Å². The molecule has 0 atom stereocenters. The Morgan fingerprint density at radius 3 is 2.64 bits per heavy atom. The monoisotopic (exact) mass is 556 g/mol. The summed E-state index contributed by atoms with van der Waals surface area (Å²) in [5.74, 6) is 0.223. The number of carbonyl (C=O) groups excluding carboxylic acids is 2. The van der Waals surface area contributed by atoms with Crippen LogP contribution in [0.4, 0.5) is 20.5 Å². The predicted octanol–water partition coefficient (Wildman–Crippen LogP) is 4.46. The highest BCUT2D eigenvalue weighted by Gasteiger charge is 2.59. The van der Waals surface area contributed by atoms with E-state index < -0.39 is 23.4 Å². The average molecular weight is 557 g/mol. The lowest BCUT2D eigenvalue weighted by Gasteiger charge is -2.45. The van der Waals surface area contributed by atoms with Crippen molar-refractivity contribution in [3.05, 3.63) is 64.3 Å². The number of benzene rings is 1. The quantitative estimate of drug-likeness (QED) is 0.478. The van der Waals surface area contributed by atoms with Crippen LogP contribution < -0.4 is 15.1 Å². The van der Waals surface area contributed by atoms with E-state index in [1.54, 1.807) is 6.92 Å². The normalized spacial score (nSPS) is 21.8. The molecule has 1 spiro atoms. The van der Waals surface area contributed by atoms with E-state index in [9.17, 15) is 18.4 Å². The van der Waals surface area contributed by atoms with E-state index >= 15 is 0 Å². The van der Waals surface area contributed by atoms with Crippen LogP contribution in [-0.2, 0) is 10.2 Å². The molecule has 9 nitrogen and oxygen atoms in total. The fraction of sp³-hybridized carbons (Fsp3) is 0.444. The first kappa shape index (κ1) is 25.7. The Morgan fingerprint density at radius 1 is 1.21 bits per heavy atom. The van der Waals surface area contributed by atoms with Gasteiger partial charge in [0.1, 0.15) is 11.1 Å². The first-order chi connectivity index (χ1) is 18.7. The third kappa shape index (κ3) is 4.52. The number of halogens is 3. The summed E-state index contributed by atoms with van der Waals surface area (Å²) in [7, 11) is 0. The number of alkyl halides is 2. The molecule has 4 heterocycles. The number of pyridine rings is 1. The minimum atomic E-state index is -2.87. The second-order valence-electron chi connectivity index (χ2n) is 10.6. The zero-order valence-corrected chi connectivity index (χ0v) is 22.0. The number of fused-ring (bicyclic) bond motifs is 2. The molecular formula is C27H27ClF2N6O3. The van der Waals surface area contributed by atoms with Crippen LogP contribution in [0.5, 0.6) is 0 Å². The molecule has 2 aromatic heterocycles. The summed E-state index contributed by atoms with van der Waals surface area (Å²) < 4.78 is 32.2. The summed E-state index contributed by atoms with van der Waals surface area (Å²) in [6.45, 7) is 3.29. The van der Waals surface area contributed by atoms with Crippen molar-refractivity contribution in [1.82, 2.24) is 20.5 Å². The third-order valence-corrected chi connectivity index (χ3v) is 8.24. The number of nitrogens with zero attached hydrogens (tertiary/aromatic N) is 5. The highest BCUT2D eigenvalue weighted by atomic mass is 35.5. The Hall–Kier alpha value is -3.60. The van der Waals surface area contributed by atoms with Gasteiger partial charge in [-0.2, -0.15) is 0 Å². The molecule has 1 aromatic carbocycles. The number of aromatic nitrogens is 3. The van der Waals surface area contributed by atoms with Crippen LogP contribution in [0.25, 0.3) is 0 Å². The summed E-state index contributed by atoms with van der Waals surface area (Å²) in [5, 5.41) is 11.0. The SMILES string of the molecule is Cc1nnc(N2CC3(C2)C(=O)N(C[C@H]2CC[C@H](NC(=O)c4cc(Cl)cnc4C(F)F)CC2)c2ccccc23)o1. The van der Waals surface area contributed by atoms with Gasteiger partial charge < -0.3 is 19.5 Å². The summed E-state index contributed by atoms with van der Waals surface area (Å²) in [4.78, 5) is 34.0. The van der Waals surface area contributed by atoms with Gasteiger partial charge in [0.15, 0.2) is 0 Å². The molecular weight excluding hydrogens is 530 g/mol. The molecule has 0 unspecified atom stereocenters. The first-order valence-corrected chi connectivity index (χ1v) is 13.3. The Morgan fingerprint density at radius 2 is 1.95 bits per heavy atom. The van der Waals surface area contributed by atoms with E-state index in [-0.39, 0.29) is 28.5 Å². The van der Waals surface area contributed by atoms with E-state index in [0.717, 1.165) is 30.3 Å². The van der Waals surface area contributed by atoms with Crippen molar-refractivity contribution >= 4 is 35.1 Å². The highest BCUT2D eigenvalue weighted by Crippen LogP contribution is 2.48. The fourth-order valence-corrected chi connectivity index (χ4v) is 6.21. The summed E-state index contributed by atoms with van der Waals surface area (Å²) in [6, 6.07) is 9.42. The lowest BCUT2D eigenvalue weighted by molar-refractivity contribution is -0.124. The van der Waals surface area contributed by atoms with Crippen LogP contribution in [0.1, 0.15) is 59.6 Å². The molecule has 204 valence electrons. The maximum atomic E-state index is 13.8. The fourth-order valence-electron chi connectivity index (χ4n) is 6.05. The molecule has 2 aliphatic heterocycles. The van der Waals surface area contributed by atoms with Crippen LogP contribution in [0.3, 0.4) is 0 Å². The van der Waals surface area contributed by atoms with Gasteiger partial charge in [0.05, 0.1) is 10.6 Å². The van der Waals surface area contributed by atoms with E-state index in [1.807, 2.05) is 34.1 Å². The number of rotatable bonds is 6. The Labute approximate surface area is 228 Å². The highest BCUT2D eigenvalue weighted by molar-refractivity contribution is 6.30. The lowest BCUT2D eigenvalue weighted by atomic mass is 9.75. The lowest BCUT2D eigenvalue weighted by Crippen LogP contribution is -2.64. The summed E-state index contributed by atoms with van der Waals surface area (Å²) >= 11 is 5.90. The van der Waals surface area contributed by atoms with Crippen molar-refractivity contribution < 1.29 is 22.8 Å². The number of para-hydroxylation sites is 1. The standard InChI is InChI=1S/C27H27ClF2N6O3/c1-15-33-34-26(39-15)35-13-27(14-35)20-4-2-3-5-21(20)36(25(27)38)12-16-6-8-18(9-7-16)32-24(37)19-10-17(28)11-31-22(19)23(29)30/h2-5,10-11,16,18,23H,6-9,12-14H2,1H3,(H,32,37)/t16-,18-. The molecule has 2 fully saturated rings. The van der Waals surface area contributed by atoms with Crippen LogP contribution in [0.2, 0.25) is 5.02 Å². The largest absolute Gasteiger partial charge is 0.408 e. The van der Waals surface area contributed by atoms with Gasteiger partial charge in [0.2, 0.25) is 11.8 Å². The van der Waals surface area contributed by atoms with E-state index in [2.05, 4.69) is 20.5 Å². The van der Waals surface area contributed by atoms with E-state index in [1.165, 1.54) is 6.07 Å². The predicted molar refractivity (Wildman–Crippen MR) is 139 cm³/mol. The van der Waals surface area contributed by atoms with Gasteiger partial charge in [-0.25, -0.2) is 8.78 Å². The number of amides is 2. The topological polar surface area (TPSA) is 104 Å². The maximum Gasteiger partial charge on any atom is 0.318 e. The molecule has 39 heavy (non-hydrogen) atoms. The van der Waals surface area contributed by atoms with Crippen molar-refractivity contribution in [3.63, 3.8) is 0 Å². The van der Waals surface area contributed by atoms with Gasteiger partial charge in [-0.05, 0) is 49.3 Å². The van der Waals surface area contributed by atoms with Gasteiger partial charge in [-0.1, -0.05) is 34.9 Å². The van der Waals surface area contributed by atoms with Crippen LogP contribution in [0, 0.1) is 12.8 Å². The number of aryl methyl sites for hydroxylation is 1. The first-order valence-electron chi connectivity index (χ1n) is 13.0. The smallest absolute Gasteiger partial charge is 0.318 e. The molecule has 2 amide bonds. The van der Waals surface area contributed by atoms with Gasteiger partial charge in [-0.15, -0.1) is 5.10 Å². The van der Waals surface area contributed by atoms with Crippen LogP contribution >= 0.6 is 11.6 Å². The molecule has 1 aliphatic carbocycles.